The van der Waals surface area contributed by atoms with E-state index in [9.17, 15) is 24.4 Å². The van der Waals surface area contributed by atoms with Gasteiger partial charge in [0, 0.05) is 23.5 Å². The van der Waals surface area contributed by atoms with E-state index in [-0.39, 0.29) is 41.2 Å². The van der Waals surface area contributed by atoms with E-state index in [0.717, 1.165) is 16.9 Å². The molecule has 0 aromatic carbocycles. The Balaban J connectivity index is 1.56. The summed E-state index contributed by atoms with van der Waals surface area (Å²) in [7, 11) is 0. The standard InChI is InChI=1S/C29H32N6O7S2/c1-4-6-18(27(38)41-12-16(2)3)13-42-28(39)23-19(9-8-17-7-5-10-31-11-17)14-43-26-22(25(37)35(23)26)33-24(36)21(34-40)20-15-44-29(30)32-20/h5-11,15-16,22,26,40H,4,12-14H2,1-3H3,(H2,30,32)(H,33,36)/b9-8-,18-6+,34-21?/t22-,26+/m1/s1. The lowest BCUT2D eigenvalue weighted by Crippen LogP contribution is -2.71. The van der Waals surface area contributed by atoms with E-state index >= 15 is 0 Å². The lowest BCUT2D eigenvalue weighted by atomic mass is 10.0. The van der Waals surface area contributed by atoms with Gasteiger partial charge in [-0.25, -0.2) is 14.6 Å². The number of β-lactam (4-membered cyclic amide) rings is 1. The number of oxime groups is 1. The van der Waals surface area contributed by atoms with Gasteiger partial charge in [-0.05, 0) is 29.5 Å². The maximum absolute atomic E-state index is 13.6. The van der Waals surface area contributed by atoms with Crippen LogP contribution >= 0.6 is 23.1 Å². The molecule has 0 bridgehead atoms. The number of aromatic nitrogens is 2. The number of hydrogen-bond acceptors (Lipinski definition) is 13. The van der Waals surface area contributed by atoms with Gasteiger partial charge >= 0.3 is 11.9 Å². The second-order valence-electron chi connectivity index (χ2n) is 10.1. The molecule has 2 aromatic rings. The van der Waals surface area contributed by atoms with E-state index in [4.69, 9.17) is 15.2 Å². The monoisotopic (exact) mass is 640 g/mol. The van der Waals surface area contributed by atoms with Crippen LogP contribution in [0.3, 0.4) is 0 Å². The predicted molar refractivity (Wildman–Crippen MR) is 165 cm³/mol. The van der Waals surface area contributed by atoms with Gasteiger partial charge in [-0.2, -0.15) is 0 Å². The number of thioether (sulfide) groups is 1. The molecule has 1 fully saturated rings. The molecule has 0 saturated carbocycles. The first kappa shape index (κ1) is 32.4. The highest BCUT2D eigenvalue weighted by Crippen LogP contribution is 2.41. The number of fused-ring (bicyclic) bond motifs is 1. The third kappa shape index (κ3) is 7.52. The number of ether oxygens (including phenoxy) is 2. The van der Waals surface area contributed by atoms with Crippen molar-refractivity contribution in [1.29, 1.82) is 0 Å². The number of carbonyl (C=O) groups excluding carboxylic acids is 4. The van der Waals surface area contributed by atoms with E-state index in [1.165, 1.54) is 22.0 Å². The van der Waals surface area contributed by atoms with E-state index in [1.54, 1.807) is 36.7 Å². The average molecular weight is 641 g/mol. The Labute approximate surface area is 261 Å². The molecule has 13 nitrogen and oxygen atoms in total. The second-order valence-corrected chi connectivity index (χ2v) is 12.1. The Hall–Kier alpha value is -4.50. The summed E-state index contributed by atoms with van der Waals surface area (Å²) in [5.41, 5.74) is 6.76. The van der Waals surface area contributed by atoms with Crippen molar-refractivity contribution in [3.05, 3.63) is 70.2 Å². The Morgan fingerprint density at radius 3 is 2.73 bits per heavy atom. The highest BCUT2D eigenvalue weighted by atomic mass is 32.2. The van der Waals surface area contributed by atoms with Crippen LogP contribution in [0.4, 0.5) is 5.13 Å². The summed E-state index contributed by atoms with van der Waals surface area (Å²) in [5, 5.41) is 16.0. The molecule has 0 spiro atoms. The van der Waals surface area contributed by atoms with Gasteiger partial charge in [0.2, 0.25) is 0 Å². The molecule has 1 saturated heterocycles. The number of thiazole rings is 1. The quantitative estimate of drug-likeness (QED) is 0.0773. The number of pyridine rings is 1. The van der Waals surface area contributed by atoms with Gasteiger partial charge in [-0.1, -0.05) is 50.2 Å². The summed E-state index contributed by atoms with van der Waals surface area (Å²) in [6, 6.07) is 2.58. The number of esters is 2. The number of nitrogens with two attached hydrogens (primary N) is 1. The fraction of sp³-hybridized carbons (Fsp3) is 0.345. The van der Waals surface area contributed by atoms with Gasteiger partial charge in [0.05, 0.1) is 12.2 Å². The summed E-state index contributed by atoms with van der Waals surface area (Å²) in [6.45, 7) is 5.53. The molecule has 4 N–H and O–H groups in total. The predicted octanol–water partition coefficient (Wildman–Crippen LogP) is 2.74. The lowest BCUT2D eigenvalue weighted by Gasteiger charge is -2.49. The molecule has 15 heteroatoms. The lowest BCUT2D eigenvalue weighted by molar-refractivity contribution is -0.152. The van der Waals surface area contributed by atoms with Crippen LogP contribution in [0.5, 0.6) is 0 Å². The van der Waals surface area contributed by atoms with E-state index < -0.39 is 40.9 Å². The molecule has 2 atom stereocenters. The van der Waals surface area contributed by atoms with Crippen molar-refractivity contribution in [3.63, 3.8) is 0 Å². The van der Waals surface area contributed by atoms with Crippen molar-refractivity contribution >= 4 is 63.8 Å². The second kappa shape index (κ2) is 14.8. The zero-order chi connectivity index (χ0) is 31.8. The fourth-order valence-corrected chi connectivity index (χ4v) is 6.11. The van der Waals surface area contributed by atoms with Gasteiger partial charge in [-0.3, -0.25) is 19.5 Å². The molecule has 0 radical (unpaired) electrons. The number of anilines is 1. The zero-order valence-electron chi connectivity index (χ0n) is 24.3. The summed E-state index contributed by atoms with van der Waals surface area (Å²) >= 11 is 2.39. The van der Waals surface area contributed by atoms with Gasteiger partial charge in [0.15, 0.2) is 10.8 Å². The average Bonchev–Trinajstić information content (AvgIpc) is 3.45. The molecular weight excluding hydrogens is 608 g/mol. The van der Waals surface area contributed by atoms with Crippen molar-refractivity contribution in [2.75, 3.05) is 24.7 Å². The summed E-state index contributed by atoms with van der Waals surface area (Å²) in [4.78, 5) is 61.8. The largest absolute Gasteiger partial charge is 0.462 e. The number of nitrogens with one attached hydrogen (secondary N) is 1. The number of hydrogen-bond donors (Lipinski definition) is 3. The van der Waals surface area contributed by atoms with Crippen molar-refractivity contribution in [1.82, 2.24) is 20.2 Å². The first-order valence-corrected chi connectivity index (χ1v) is 15.6. The SMILES string of the molecule is CC/C=C(\COC(=O)C1=C(/C=C\c2cccnc2)CS[C@H]2[C@H](NC(=O)C(=NO)c3csc(N)n3)C(=O)N12)C(=O)OCC(C)C. The smallest absolute Gasteiger partial charge is 0.355 e. The molecule has 4 rings (SSSR count). The normalized spacial score (nSPS) is 18.7. The van der Waals surface area contributed by atoms with E-state index in [0.29, 0.717) is 17.7 Å². The highest BCUT2D eigenvalue weighted by molar-refractivity contribution is 8.00. The third-order valence-corrected chi connectivity index (χ3v) is 8.31. The van der Waals surface area contributed by atoms with E-state index in [1.807, 2.05) is 26.8 Å². The Kier molecular flexibility index (Phi) is 10.9. The first-order valence-electron chi connectivity index (χ1n) is 13.7. The van der Waals surface area contributed by atoms with Crippen LogP contribution in [-0.2, 0) is 28.7 Å². The molecule has 0 aliphatic carbocycles. The van der Waals surface area contributed by atoms with Gasteiger partial charge in [-0.15, -0.1) is 23.1 Å². The van der Waals surface area contributed by atoms with Crippen LogP contribution in [0.15, 0.2) is 64.1 Å². The first-order chi connectivity index (χ1) is 21.1. The Morgan fingerprint density at radius 1 is 1.30 bits per heavy atom. The molecule has 2 amide bonds. The molecule has 232 valence electrons. The van der Waals surface area contributed by atoms with E-state index in [2.05, 4.69) is 20.4 Å². The number of nitrogens with zero attached hydrogens (tertiary/aromatic N) is 4. The topological polar surface area (TPSA) is 186 Å². The molecule has 44 heavy (non-hydrogen) atoms. The van der Waals surface area contributed by atoms with Crippen molar-refractivity contribution in [2.24, 2.45) is 11.1 Å². The van der Waals surface area contributed by atoms with Crippen LogP contribution < -0.4 is 11.1 Å². The molecule has 2 aliphatic heterocycles. The number of allylic oxidation sites excluding steroid dienone is 2. The molecule has 0 unspecified atom stereocenters. The molecule has 4 heterocycles. The van der Waals surface area contributed by atoms with Crippen molar-refractivity contribution < 1.29 is 33.9 Å². The molecule has 2 aromatic heterocycles. The number of amides is 2. The van der Waals surface area contributed by atoms with Crippen molar-refractivity contribution in [3.8, 4) is 0 Å². The highest BCUT2D eigenvalue weighted by Gasteiger charge is 2.54. The van der Waals surface area contributed by atoms with Crippen LogP contribution in [0.1, 0.15) is 38.4 Å². The summed E-state index contributed by atoms with van der Waals surface area (Å²) < 4.78 is 10.9. The molecular formula is C29H32N6O7S2. The van der Waals surface area contributed by atoms with Crippen molar-refractivity contribution in [2.45, 2.75) is 38.6 Å². The molecule has 2 aliphatic rings. The minimum atomic E-state index is -1.02. The van der Waals surface area contributed by atoms with Gasteiger partial charge < -0.3 is 25.7 Å². The fourth-order valence-electron chi connectivity index (χ4n) is 4.24. The maximum atomic E-state index is 13.6. The number of carbonyl (C=O) groups is 4. The Bertz CT molecular complexity index is 1530. The number of nitrogen functional groups attached to an aromatic ring is 1. The van der Waals surface area contributed by atoms with Crippen LogP contribution in [0.2, 0.25) is 0 Å². The van der Waals surface area contributed by atoms with Gasteiger partial charge in [0.1, 0.15) is 29.4 Å². The maximum Gasteiger partial charge on any atom is 0.355 e. The zero-order valence-corrected chi connectivity index (χ0v) is 25.9. The van der Waals surface area contributed by atoms with Crippen LogP contribution in [0, 0.1) is 5.92 Å². The number of rotatable bonds is 12. The minimum absolute atomic E-state index is 0.000825. The van der Waals surface area contributed by atoms with Crippen LogP contribution in [-0.4, -0.2) is 79.9 Å². The third-order valence-electron chi connectivity index (χ3n) is 6.34. The van der Waals surface area contributed by atoms with Gasteiger partial charge in [0.25, 0.3) is 11.8 Å². The minimum Gasteiger partial charge on any atom is -0.462 e. The summed E-state index contributed by atoms with van der Waals surface area (Å²) in [5.74, 6) is -2.35. The summed E-state index contributed by atoms with van der Waals surface area (Å²) in [6.07, 6.45) is 8.90. The van der Waals surface area contributed by atoms with Crippen LogP contribution in [0.25, 0.3) is 6.08 Å². The Morgan fingerprint density at radius 2 is 2.09 bits per heavy atom.